The Bertz CT molecular complexity index is 544. The van der Waals surface area contributed by atoms with Crippen LogP contribution >= 0.6 is 0 Å². The molecular weight excluding hydrogens is 222 g/mol. The van der Waals surface area contributed by atoms with Crippen LogP contribution in [0.15, 0.2) is 28.0 Å². The molecule has 2 rings (SSSR count). The zero-order chi connectivity index (χ0) is 11.8. The molecule has 86 valence electrons. The predicted molar refractivity (Wildman–Crippen MR) is 64.7 cm³/mol. The number of rotatable bonds is 3. The molecule has 1 aromatic carbocycles. The van der Waals surface area contributed by atoms with E-state index in [-0.39, 0.29) is 0 Å². The lowest BCUT2D eigenvalue weighted by Crippen LogP contribution is -2.01. The van der Waals surface area contributed by atoms with Crippen molar-refractivity contribution >= 4 is 15.9 Å². The van der Waals surface area contributed by atoms with Gasteiger partial charge in [-0.25, -0.2) is 8.42 Å². The maximum absolute atomic E-state index is 11.8. The van der Waals surface area contributed by atoms with Crippen LogP contribution < -0.4 is 5.73 Å². The Morgan fingerprint density at radius 3 is 2.75 bits per heavy atom. The van der Waals surface area contributed by atoms with Crippen molar-refractivity contribution in [3.8, 4) is 0 Å². The Kier molecular flexibility index (Phi) is 2.86. The Labute approximate surface area is 95.9 Å². The number of allylic oxidation sites excluding steroid dienone is 1. The minimum atomic E-state index is -3.19. The molecule has 3 nitrogen and oxygen atoms in total. The van der Waals surface area contributed by atoms with Gasteiger partial charge < -0.3 is 5.73 Å². The van der Waals surface area contributed by atoms with Crippen LogP contribution in [0.5, 0.6) is 0 Å². The van der Waals surface area contributed by atoms with Crippen LogP contribution in [-0.2, 0) is 16.3 Å². The predicted octanol–water partition coefficient (Wildman–Crippen LogP) is 1.73. The second kappa shape index (κ2) is 4.03. The van der Waals surface area contributed by atoms with Crippen LogP contribution in [0.3, 0.4) is 0 Å². The molecule has 4 heteroatoms. The van der Waals surface area contributed by atoms with Crippen molar-refractivity contribution in [2.24, 2.45) is 5.73 Å². The summed E-state index contributed by atoms with van der Waals surface area (Å²) in [6.07, 6.45) is 3.56. The second-order valence-electron chi connectivity index (χ2n) is 4.02. The first-order valence-electron chi connectivity index (χ1n) is 5.32. The average Bonchev–Trinajstić information content (AvgIpc) is 2.47. The Morgan fingerprint density at radius 1 is 1.31 bits per heavy atom. The third kappa shape index (κ3) is 1.79. The number of fused-ring (bicyclic) bond motifs is 1. The largest absolute Gasteiger partial charge is 0.330 e. The van der Waals surface area contributed by atoms with Crippen LogP contribution in [0.2, 0.25) is 0 Å². The molecule has 1 aliphatic heterocycles. The summed E-state index contributed by atoms with van der Waals surface area (Å²) in [5, 5.41) is 0. The molecule has 0 atom stereocenters. The van der Waals surface area contributed by atoms with Gasteiger partial charge in [0.05, 0.1) is 4.90 Å². The van der Waals surface area contributed by atoms with Gasteiger partial charge in [-0.2, -0.15) is 0 Å². The molecule has 0 bridgehead atoms. The van der Waals surface area contributed by atoms with Crippen LogP contribution in [0.4, 0.5) is 0 Å². The third-order valence-corrected chi connectivity index (χ3v) is 4.73. The molecule has 0 aromatic heterocycles. The molecule has 0 amide bonds. The Hall–Kier alpha value is -1.13. The quantitative estimate of drug-likeness (QED) is 0.870. The minimum Gasteiger partial charge on any atom is -0.330 e. The standard InChI is InChI=1S/C12H15NO2S/c1-9-7-11-8-10(3-2-6-13)4-5-12(11)16(9,14)15/h4-5,7-8H,2-3,6,13H2,1H3. The Morgan fingerprint density at radius 2 is 2.06 bits per heavy atom. The van der Waals surface area contributed by atoms with E-state index in [2.05, 4.69) is 0 Å². The van der Waals surface area contributed by atoms with Crippen molar-refractivity contribution in [1.29, 1.82) is 0 Å². The molecule has 1 aromatic rings. The number of hydrogen-bond acceptors (Lipinski definition) is 3. The molecular formula is C12H15NO2S. The highest BCUT2D eigenvalue weighted by Crippen LogP contribution is 2.32. The lowest BCUT2D eigenvalue weighted by atomic mass is 10.1. The topological polar surface area (TPSA) is 60.2 Å². The van der Waals surface area contributed by atoms with Crippen LogP contribution in [0, 0.1) is 0 Å². The zero-order valence-electron chi connectivity index (χ0n) is 9.23. The monoisotopic (exact) mass is 237 g/mol. The lowest BCUT2D eigenvalue weighted by Gasteiger charge is -2.03. The molecule has 2 N–H and O–H groups in total. The van der Waals surface area contributed by atoms with Gasteiger partial charge in [0, 0.05) is 4.91 Å². The molecule has 0 saturated carbocycles. The molecule has 0 saturated heterocycles. The number of aryl methyl sites for hydroxylation is 1. The van der Waals surface area contributed by atoms with Gasteiger partial charge in [-0.15, -0.1) is 0 Å². The van der Waals surface area contributed by atoms with E-state index in [9.17, 15) is 8.42 Å². The summed E-state index contributed by atoms with van der Waals surface area (Å²) in [6.45, 7) is 2.29. The summed E-state index contributed by atoms with van der Waals surface area (Å²) in [5.74, 6) is 0. The molecule has 16 heavy (non-hydrogen) atoms. The van der Waals surface area contributed by atoms with E-state index in [4.69, 9.17) is 5.73 Å². The smallest absolute Gasteiger partial charge is 0.203 e. The fourth-order valence-corrected chi connectivity index (χ4v) is 3.19. The molecule has 1 heterocycles. The molecule has 0 radical (unpaired) electrons. The second-order valence-corrected chi connectivity index (χ2v) is 6.11. The van der Waals surface area contributed by atoms with Gasteiger partial charge in [0.15, 0.2) is 0 Å². The SMILES string of the molecule is CC1=Cc2cc(CCCN)ccc2S1(=O)=O. The summed E-state index contributed by atoms with van der Waals surface area (Å²) in [7, 11) is -3.19. The fraction of sp³-hybridized carbons (Fsp3) is 0.333. The first-order valence-corrected chi connectivity index (χ1v) is 6.80. The van der Waals surface area contributed by atoms with Gasteiger partial charge in [-0.3, -0.25) is 0 Å². The summed E-state index contributed by atoms with van der Waals surface area (Å²) < 4.78 is 23.6. The number of nitrogens with two attached hydrogens (primary N) is 1. The van der Waals surface area contributed by atoms with Gasteiger partial charge in [-0.1, -0.05) is 12.1 Å². The van der Waals surface area contributed by atoms with E-state index in [1.165, 1.54) is 0 Å². The number of benzene rings is 1. The highest BCUT2D eigenvalue weighted by atomic mass is 32.2. The van der Waals surface area contributed by atoms with Crippen molar-refractivity contribution in [2.45, 2.75) is 24.7 Å². The van der Waals surface area contributed by atoms with E-state index < -0.39 is 9.84 Å². The molecule has 0 aliphatic carbocycles. The van der Waals surface area contributed by atoms with Gasteiger partial charge in [-0.05, 0) is 49.6 Å². The first-order chi connectivity index (χ1) is 7.55. The highest BCUT2D eigenvalue weighted by Gasteiger charge is 2.26. The van der Waals surface area contributed by atoms with Crippen molar-refractivity contribution in [3.63, 3.8) is 0 Å². The Balaban J connectivity index is 2.40. The molecule has 0 spiro atoms. The van der Waals surface area contributed by atoms with Crippen LogP contribution in [-0.4, -0.2) is 15.0 Å². The zero-order valence-corrected chi connectivity index (χ0v) is 10.0. The third-order valence-electron chi connectivity index (χ3n) is 2.82. The van der Waals surface area contributed by atoms with E-state index in [1.807, 2.05) is 12.1 Å². The molecule has 0 fully saturated rings. The van der Waals surface area contributed by atoms with E-state index in [0.29, 0.717) is 16.3 Å². The average molecular weight is 237 g/mol. The van der Waals surface area contributed by atoms with Crippen molar-refractivity contribution in [3.05, 3.63) is 34.2 Å². The van der Waals surface area contributed by atoms with Crippen molar-refractivity contribution < 1.29 is 8.42 Å². The lowest BCUT2D eigenvalue weighted by molar-refractivity contribution is 0.603. The van der Waals surface area contributed by atoms with Gasteiger partial charge in [0.1, 0.15) is 0 Å². The minimum absolute atomic E-state index is 0.429. The number of hydrogen-bond donors (Lipinski definition) is 1. The van der Waals surface area contributed by atoms with Crippen LogP contribution in [0.1, 0.15) is 24.5 Å². The summed E-state index contributed by atoms with van der Waals surface area (Å²) in [6, 6.07) is 5.51. The van der Waals surface area contributed by atoms with Gasteiger partial charge in [0.2, 0.25) is 9.84 Å². The first kappa shape index (κ1) is 11.4. The summed E-state index contributed by atoms with van der Waals surface area (Å²) in [4.78, 5) is 0.861. The maximum Gasteiger partial charge on any atom is 0.203 e. The van der Waals surface area contributed by atoms with Crippen molar-refractivity contribution in [2.75, 3.05) is 6.54 Å². The summed E-state index contributed by atoms with van der Waals surface area (Å²) in [5.41, 5.74) is 7.40. The molecule has 0 unspecified atom stereocenters. The normalized spacial score (nSPS) is 17.0. The fourth-order valence-electron chi connectivity index (χ4n) is 1.89. The van der Waals surface area contributed by atoms with Gasteiger partial charge in [0.25, 0.3) is 0 Å². The van der Waals surface area contributed by atoms with Crippen molar-refractivity contribution in [1.82, 2.24) is 0 Å². The maximum atomic E-state index is 11.8. The van der Waals surface area contributed by atoms with E-state index in [0.717, 1.165) is 24.0 Å². The van der Waals surface area contributed by atoms with E-state index >= 15 is 0 Å². The van der Waals surface area contributed by atoms with Crippen LogP contribution in [0.25, 0.3) is 6.08 Å². The highest BCUT2D eigenvalue weighted by molar-refractivity contribution is 7.95. The summed E-state index contributed by atoms with van der Waals surface area (Å²) >= 11 is 0. The molecule has 1 aliphatic rings. The van der Waals surface area contributed by atoms with E-state index in [1.54, 1.807) is 19.1 Å². The van der Waals surface area contributed by atoms with Gasteiger partial charge >= 0.3 is 0 Å². The number of sulfone groups is 1.